The highest BCUT2D eigenvalue weighted by atomic mass is 19.1. The van der Waals surface area contributed by atoms with E-state index in [9.17, 15) is 4.39 Å². The average molecular weight is 186 g/mol. The molecule has 1 atom stereocenters. The molecule has 0 aromatic heterocycles. The Bertz CT molecular complexity index is 189. The van der Waals surface area contributed by atoms with E-state index in [0.29, 0.717) is 5.41 Å². The highest BCUT2D eigenvalue weighted by Gasteiger charge is 2.52. The number of nitrogens with zero attached hydrogens (tertiary/aromatic N) is 2. The summed E-state index contributed by atoms with van der Waals surface area (Å²) in [7, 11) is 2.05. The molecule has 3 heteroatoms. The topological polar surface area (TPSA) is 6.48 Å². The van der Waals surface area contributed by atoms with Crippen molar-refractivity contribution in [1.29, 1.82) is 0 Å². The van der Waals surface area contributed by atoms with Gasteiger partial charge >= 0.3 is 0 Å². The lowest BCUT2D eigenvalue weighted by Crippen LogP contribution is -2.61. The molecule has 2 nitrogen and oxygen atoms in total. The van der Waals surface area contributed by atoms with E-state index in [1.165, 1.54) is 6.42 Å². The summed E-state index contributed by atoms with van der Waals surface area (Å²) in [4.78, 5) is 4.59. The van der Waals surface area contributed by atoms with E-state index in [4.69, 9.17) is 0 Å². The van der Waals surface area contributed by atoms with E-state index in [2.05, 4.69) is 16.7 Å². The molecule has 0 amide bonds. The Kier molecular flexibility index (Phi) is 2.32. The summed E-state index contributed by atoms with van der Waals surface area (Å²) in [5, 5.41) is 0. The van der Waals surface area contributed by atoms with Gasteiger partial charge in [-0.25, -0.2) is 4.39 Å². The third-order valence-corrected chi connectivity index (χ3v) is 3.87. The fourth-order valence-corrected chi connectivity index (χ4v) is 2.91. The fourth-order valence-electron chi connectivity index (χ4n) is 2.91. The molecule has 2 heterocycles. The summed E-state index contributed by atoms with van der Waals surface area (Å²) in [6.45, 7) is 6.42. The molecule has 0 unspecified atom stereocenters. The van der Waals surface area contributed by atoms with Gasteiger partial charge in [0.25, 0.3) is 0 Å². The summed E-state index contributed by atoms with van der Waals surface area (Å²) in [5.41, 5.74) is 0.305. The maximum atomic E-state index is 12.8. The van der Waals surface area contributed by atoms with Crippen LogP contribution in [0.3, 0.4) is 0 Å². The highest BCUT2D eigenvalue weighted by molar-refractivity contribution is 5.06. The van der Waals surface area contributed by atoms with E-state index in [0.717, 1.165) is 26.2 Å². The second-order valence-corrected chi connectivity index (χ2v) is 4.57. The molecule has 76 valence electrons. The van der Waals surface area contributed by atoms with Crippen LogP contribution in [-0.2, 0) is 0 Å². The SMILES string of the molecule is CCN1CC2(CCN(C)[C@@H]2CF)C1. The highest BCUT2D eigenvalue weighted by Crippen LogP contribution is 2.43. The molecule has 1 spiro atoms. The van der Waals surface area contributed by atoms with Crippen LogP contribution in [0.1, 0.15) is 13.3 Å². The number of likely N-dealkylation sites (tertiary alicyclic amines) is 2. The van der Waals surface area contributed by atoms with Crippen LogP contribution in [0.4, 0.5) is 4.39 Å². The molecule has 0 N–H and O–H groups in total. The van der Waals surface area contributed by atoms with Gasteiger partial charge in [0.05, 0.1) is 0 Å². The smallest absolute Gasteiger partial charge is 0.106 e. The zero-order valence-electron chi connectivity index (χ0n) is 8.59. The van der Waals surface area contributed by atoms with Gasteiger partial charge in [0.1, 0.15) is 6.67 Å². The van der Waals surface area contributed by atoms with Crippen molar-refractivity contribution in [3.8, 4) is 0 Å². The number of hydrogen-bond acceptors (Lipinski definition) is 2. The van der Waals surface area contributed by atoms with Gasteiger partial charge in [0.2, 0.25) is 0 Å². The first-order valence-corrected chi connectivity index (χ1v) is 5.20. The van der Waals surface area contributed by atoms with Crippen LogP contribution in [0.2, 0.25) is 0 Å². The Morgan fingerprint density at radius 2 is 2.15 bits per heavy atom. The van der Waals surface area contributed by atoms with Gasteiger partial charge in [-0.2, -0.15) is 0 Å². The van der Waals surface area contributed by atoms with E-state index in [1.54, 1.807) is 0 Å². The first-order valence-electron chi connectivity index (χ1n) is 5.20. The van der Waals surface area contributed by atoms with E-state index >= 15 is 0 Å². The fraction of sp³-hybridized carbons (Fsp3) is 1.00. The van der Waals surface area contributed by atoms with Gasteiger partial charge in [-0.3, -0.25) is 0 Å². The largest absolute Gasteiger partial charge is 0.302 e. The van der Waals surface area contributed by atoms with Gasteiger partial charge in [0.15, 0.2) is 0 Å². The number of halogens is 1. The molecular weight excluding hydrogens is 167 g/mol. The van der Waals surface area contributed by atoms with Crippen LogP contribution in [0.25, 0.3) is 0 Å². The second kappa shape index (κ2) is 3.21. The van der Waals surface area contributed by atoms with E-state index in [-0.39, 0.29) is 12.7 Å². The van der Waals surface area contributed by atoms with Gasteiger partial charge in [0, 0.05) is 24.5 Å². The molecular formula is C10H19FN2. The first-order chi connectivity index (χ1) is 6.22. The summed E-state index contributed by atoms with van der Waals surface area (Å²) in [5.74, 6) is 0. The Labute approximate surface area is 79.7 Å². The van der Waals surface area contributed by atoms with Crippen LogP contribution in [-0.4, -0.2) is 55.7 Å². The summed E-state index contributed by atoms with van der Waals surface area (Å²) in [6, 6.07) is 0.190. The lowest BCUT2D eigenvalue weighted by atomic mass is 9.73. The van der Waals surface area contributed by atoms with Crippen molar-refractivity contribution in [3.05, 3.63) is 0 Å². The predicted molar refractivity (Wildman–Crippen MR) is 51.6 cm³/mol. The quantitative estimate of drug-likeness (QED) is 0.634. The molecule has 0 aliphatic carbocycles. The first kappa shape index (κ1) is 9.41. The van der Waals surface area contributed by atoms with Crippen LogP contribution < -0.4 is 0 Å². The zero-order valence-corrected chi connectivity index (χ0v) is 8.59. The average Bonchev–Trinajstić information content (AvgIpc) is 2.39. The van der Waals surface area contributed by atoms with Gasteiger partial charge in [-0.15, -0.1) is 0 Å². The number of rotatable bonds is 2. The minimum atomic E-state index is -0.173. The molecule has 2 saturated heterocycles. The van der Waals surface area contributed by atoms with Crippen LogP contribution in [0.5, 0.6) is 0 Å². The summed E-state index contributed by atoms with van der Waals surface area (Å²) in [6.07, 6.45) is 1.19. The molecule has 0 bridgehead atoms. The van der Waals surface area contributed by atoms with Gasteiger partial charge < -0.3 is 9.80 Å². The van der Waals surface area contributed by atoms with Gasteiger partial charge in [-0.1, -0.05) is 6.92 Å². The molecule has 13 heavy (non-hydrogen) atoms. The lowest BCUT2D eigenvalue weighted by Gasteiger charge is -2.51. The number of alkyl halides is 1. The minimum absolute atomic E-state index is 0.173. The van der Waals surface area contributed by atoms with Crippen LogP contribution in [0, 0.1) is 5.41 Å². The Morgan fingerprint density at radius 3 is 2.69 bits per heavy atom. The minimum Gasteiger partial charge on any atom is -0.302 e. The number of hydrogen-bond donors (Lipinski definition) is 0. The van der Waals surface area contributed by atoms with Crippen molar-refractivity contribution in [2.24, 2.45) is 5.41 Å². The molecule has 0 saturated carbocycles. The van der Waals surface area contributed by atoms with Crippen LogP contribution in [0.15, 0.2) is 0 Å². The third-order valence-electron chi connectivity index (χ3n) is 3.87. The molecule has 0 aromatic rings. The van der Waals surface area contributed by atoms with E-state index in [1.807, 2.05) is 7.05 Å². The predicted octanol–water partition coefficient (Wildman–Crippen LogP) is 0.982. The molecule has 2 fully saturated rings. The Hall–Kier alpha value is -0.150. The molecule has 2 aliphatic heterocycles. The third kappa shape index (κ3) is 1.29. The van der Waals surface area contributed by atoms with Crippen molar-refractivity contribution in [1.82, 2.24) is 9.80 Å². The van der Waals surface area contributed by atoms with Gasteiger partial charge in [-0.05, 0) is 26.6 Å². The maximum Gasteiger partial charge on any atom is 0.106 e. The standard InChI is InChI=1S/C10H19FN2/c1-3-13-7-10(8-13)4-5-12(2)9(10)6-11/h9H,3-8H2,1-2H3/t9-/m1/s1. The Morgan fingerprint density at radius 1 is 1.46 bits per heavy atom. The van der Waals surface area contributed by atoms with Crippen molar-refractivity contribution < 1.29 is 4.39 Å². The summed E-state index contributed by atoms with van der Waals surface area (Å²) >= 11 is 0. The molecule has 0 aromatic carbocycles. The zero-order chi connectivity index (χ0) is 9.47. The maximum absolute atomic E-state index is 12.8. The monoisotopic (exact) mass is 186 g/mol. The molecule has 0 radical (unpaired) electrons. The van der Waals surface area contributed by atoms with Crippen molar-refractivity contribution >= 4 is 0 Å². The normalized spacial score (nSPS) is 33.9. The van der Waals surface area contributed by atoms with Crippen LogP contribution >= 0.6 is 0 Å². The molecule has 2 rings (SSSR count). The second-order valence-electron chi connectivity index (χ2n) is 4.57. The van der Waals surface area contributed by atoms with Crippen molar-refractivity contribution in [3.63, 3.8) is 0 Å². The van der Waals surface area contributed by atoms with Crippen molar-refractivity contribution in [2.45, 2.75) is 19.4 Å². The van der Waals surface area contributed by atoms with E-state index < -0.39 is 0 Å². The van der Waals surface area contributed by atoms with Crippen molar-refractivity contribution in [2.75, 3.05) is 39.9 Å². The summed E-state index contributed by atoms with van der Waals surface area (Å²) < 4.78 is 12.8. The Balaban J connectivity index is 2.00. The molecule has 2 aliphatic rings. The lowest BCUT2D eigenvalue weighted by molar-refractivity contribution is -0.0267.